The molecule has 0 N–H and O–H groups in total. The molecule has 1 aliphatic heterocycles. The van der Waals surface area contributed by atoms with Crippen molar-refractivity contribution in [2.45, 2.75) is 5.41 Å². The van der Waals surface area contributed by atoms with Crippen LogP contribution in [0.25, 0.3) is 31.3 Å². The van der Waals surface area contributed by atoms with Crippen molar-refractivity contribution in [2.75, 3.05) is 14.7 Å². The zero-order chi connectivity index (χ0) is 42.9. The van der Waals surface area contributed by atoms with Crippen molar-refractivity contribution in [1.82, 2.24) is 0 Å². The van der Waals surface area contributed by atoms with Crippen LogP contribution in [-0.2, 0) is 5.41 Å². The molecule has 0 saturated heterocycles. The number of thiophene rings is 1. The lowest BCUT2D eigenvalue weighted by Crippen LogP contribution is -2.36. The maximum atomic E-state index is 2.55. The van der Waals surface area contributed by atoms with Gasteiger partial charge in [-0.25, -0.2) is 0 Å². The molecule has 65 heavy (non-hydrogen) atoms. The van der Waals surface area contributed by atoms with Gasteiger partial charge in [0.15, 0.2) is 0 Å². The van der Waals surface area contributed by atoms with E-state index in [4.69, 9.17) is 0 Å². The molecule has 0 unspecified atom stereocenters. The fraction of sp³-hybridized carbons (Fsp3) is 0.0164. The van der Waals surface area contributed by atoms with E-state index in [0.29, 0.717) is 0 Å². The quantitative estimate of drug-likeness (QED) is 0.158. The second-order valence-corrected chi connectivity index (χ2v) is 18.0. The normalized spacial score (nSPS) is 13.0. The van der Waals surface area contributed by atoms with Crippen LogP contribution in [0, 0.1) is 0 Å². The fourth-order valence-electron chi connectivity index (χ4n) is 10.7. The lowest BCUT2D eigenvalue weighted by atomic mass is 9.64. The molecular weight excluding hydrogens is 807 g/mol. The third-order valence-corrected chi connectivity index (χ3v) is 14.5. The highest BCUT2D eigenvalue weighted by Crippen LogP contribution is 2.65. The van der Waals surface area contributed by atoms with E-state index in [2.05, 4.69) is 263 Å². The lowest BCUT2D eigenvalue weighted by Gasteiger charge is -2.45. The summed E-state index contributed by atoms with van der Waals surface area (Å²) in [6, 6.07) is 91.3. The van der Waals surface area contributed by atoms with Crippen molar-refractivity contribution in [1.29, 1.82) is 0 Å². The Kier molecular flexibility index (Phi) is 8.62. The van der Waals surface area contributed by atoms with E-state index in [1.54, 1.807) is 0 Å². The Bertz CT molecular complexity index is 3430. The van der Waals surface area contributed by atoms with Gasteiger partial charge in [0.2, 0.25) is 0 Å². The number of para-hydroxylation sites is 5. The summed E-state index contributed by atoms with van der Waals surface area (Å²) in [5.74, 6) is 0. The molecule has 13 rings (SSSR count). The molecule has 306 valence electrons. The first-order chi connectivity index (χ1) is 32.3. The fourth-order valence-corrected chi connectivity index (χ4v) is 11.8. The predicted octanol–water partition coefficient (Wildman–Crippen LogP) is 17.1. The lowest BCUT2D eigenvalue weighted by molar-refractivity contribution is 0.754. The minimum absolute atomic E-state index is 0.641. The van der Waals surface area contributed by atoms with Gasteiger partial charge in [-0.1, -0.05) is 140 Å². The topological polar surface area (TPSA) is 9.72 Å². The molecule has 0 amide bonds. The second-order valence-electron chi connectivity index (χ2n) is 16.9. The van der Waals surface area contributed by atoms with E-state index >= 15 is 0 Å². The monoisotopic (exact) mass is 847 g/mol. The molecule has 2 aliphatic rings. The van der Waals surface area contributed by atoms with Crippen molar-refractivity contribution >= 4 is 82.7 Å². The van der Waals surface area contributed by atoms with Gasteiger partial charge in [-0.2, -0.15) is 0 Å². The Morgan fingerprint density at radius 3 is 1.28 bits per heavy atom. The van der Waals surface area contributed by atoms with Gasteiger partial charge in [0.25, 0.3) is 0 Å². The highest BCUT2D eigenvalue weighted by molar-refractivity contribution is 7.25. The largest absolute Gasteiger partial charge is 0.310 e. The Morgan fingerprint density at radius 2 is 0.738 bits per heavy atom. The molecule has 0 atom stereocenters. The summed E-state index contributed by atoms with van der Waals surface area (Å²) in [4.78, 5) is 7.28. The SMILES string of the molecule is c1ccc(N(c2ccccc2)c2ccc3c(c2)C2(c4ccccc4-c4ccccc42)c2cc4c(cc2N3c2ccccc2)sc2ccc(N(c3ccccc3)c3ccccc3)cc24)cc1. The van der Waals surface area contributed by atoms with E-state index < -0.39 is 5.41 Å². The van der Waals surface area contributed by atoms with E-state index in [0.717, 1.165) is 39.8 Å². The molecule has 1 spiro atoms. The molecule has 4 heteroatoms. The molecule has 11 aromatic rings. The number of benzene rings is 10. The maximum Gasteiger partial charge on any atom is 0.0755 e. The van der Waals surface area contributed by atoms with Gasteiger partial charge >= 0.3 is 0 Å². The molecule has 0 saturated carbocycles. The van der Waals surface area contributed by atoms with E-state index in [9.17, 15) is 0 Å². The predicted molar refractivity (Wildman–Crippen MR) is 274 cm³/mol. The summed E-state index contributed by atoms with van der Waals surface area (Å²) in [6.07, 6.45) is 0. The molecule has 3 nitrogen and oxygen atoms in total. The highest BCUT2D eigenvalue weighted by Gasteiger charge is 2.52. The average molecular weight is 848 g/mol. The van der Waals surface area contributed by atoms with Gasteiger partial charge in [0.1, 0.15) is 0 Å². The first-order valence-corrected chi connectivity index (χ1v) is 23.1. The summed E-state index contributed by atoms with van der Waals surface area (Å²) in [7, 11) is 0. The molecular formula is C61H41N3S. The van der Waals surface area contributed by atoms with Gasteiger partial charge in [-0.05, 0) is 143 Å². The molecule has 1 aliphatic carbocycles. The van der Waals surface area contributed by atoms with Crippen LogP contribution in [0.2, 0.25) is 0 Å². The Morgan fingerprint density at radius 1 is 0.308 bits per heavy atom. The molecule has 0 bridgehead atoms. The van der Waals surface area contributed by atoms with Crippen LogP contribution in [0.1, 0.15) is 22.3 Å². The summed E-state index contributed by atoms with van der Waals surface area (Å²) >= 11 is 1.88. The van der Waals surface area contributed by atoms with Crippen molar-refractivity contribution in [3.8, 4) is 11.1 Å². The van der Waals surface area contributed by atoms with E-state index in [-0.39, 0.29) is 0 Å². The first-order valence-electron chi connectivity index (χ1n) is 22.3. The van der Waals surface area contributed by atoms with Crippen LogP contribution in [0.15, 0.2) is 249 Å². The molecule has 1 aromatic heterocycles. The van der Waals surface area contributed by atoms with Crippen molar-refractivity contribution in [3.05, 3.63) is 271 Å². The summed E-state index contributed by atoms with van der Waals surface area (Å²) in [6.45, 7) is 0. The standard InChI is InChI=1S/C61H41N3S/c1-6-20-42(21-7-1)62(43-22-8-2-9-23-43)47-35-37-59-51(38-47)52-40-56-58(41-60(52)65-59)64(46-28-14-5-15-29-46)57-36-34-48(63(44-24-10-3-11-25-44)45-26-12-4-13-27-45)39-55(57)61(56)53-32-18-16-30-49(53)50-31-17-19-33-54(50)61/h1-41H. The van der Waals surface area contributed by atoms with Gasteiger partial charge < -0.3 is 14.7 Å². The molecule has 2 heterocycles. The van der Waals surface area contributed by atoms with Crippen molar-refractivity contribution < 1.29 is 0 Å². The van der Waals surface area contributed by atoms with Crippen LogP contribution in [0.3, 0.4) is 0 Å². The van der Waals surface area contributed by atoms with Gasteiger partial charge in [-0.3, -0.25) is 0 Å². The number of hydrogen-bond acceptors (Lipinski definition) is 4. The van der Waals surface area contributed by atoms with Crippen LogP contribution in [0.5, 0.6) is 0 Å². The third kappa shape index (κ3) is 5.74. The summed E-state index contributed by atoms with van der Waals surface area (Å²) in [5.41, 5.74) is 17.2. The second kappa shape index (κ2) is 15.0. The molecule has 10 aromatic carbocycles. The summed E-state index contributed by atoms with van der Waals surface area (Å²) in [5, 5.41) is 2.51. The Labute approximate surface area is 383 Å². The van der Waals surface area contributed by atoms with Crippen LogP contribution in [-0.4, -0.2) is 0 Å². The first kappa shape index (κ1) is 37.4. The average Bonchev–Trinajstić information content (AvgIpc) is 3.88. The number of nitrogens with zero attached hydrogens (tertiary/aromatic N) is 3. The van der Waals surface area contributed by atoms with E-state index in [1.165, 1.54) is 64.9 Å². The van der Waals surface area contributed by atoms with E-state index in [1.807, 2.05) is 11.3 Å². The van der Waals surface area contributed by atoms with Gasteiger partial charge in [0.05, 0.1) is 16.8 Å². The Hall–Kier alpha value is -8.18. The van der Waals surface area contributed by atoms with Crippen LogP contribution < -0.4 is 14.7 Å². The van der Waals surface area contributed by atoms with Gasteiger partial charge in [-0.15, -0.1) is 11.3 Å². The Balaban J connectivity index is 1.13. The number of hydrogen-bond donors (Lipinski definition) is 0. The maximum absolute atomic E-state index is 2.55. The smallest absolute Gasteiger partial charge is 0.0755 e. The van der Waals surface area contributed by atoms with Gasteiger partial charge in [0, 0.05) is 60.0 Å². The number of fused-ring (bicyclic) bond motifs is 12. The minimum Gasteiger partial charge on any atom is -0.310 e. The highest BCUT2D eigenvalue weighted by atomic mass is 32.1. The van der Waals surface area contributed by atoms with Crippen molar-refractivity contribution in [2.24, 2.45) is 0 Å². The van der Waals surface area contributed by atoms with Crippen LogP contribution in [0.4, 0.5) is 51.2 Å². The zero-order valence-corrected chi connectivity index (χ0v) is 36.2. The molecule has 0 fully saturated rings. The zero-order valence-electron chi connectivity index (χ0n) is 35.4. The summed E-state index contributed by atoms with van der Waals surface area (Å²) < 4.78 is 2.53. The molecule has 0 radical (unpaired) electrons. The number of rotatable bonds is 7. The minimum atomic E-state index is -0.641. The van der Waals surface area contributed by atoms with Crippen LogP contribution >= 0.6 is 11.3 Å². The van der Waals surface area contributed by atoms with Crippen molar-refractivity contribution in [3.63, 3.8) is 0 Å². The number of anilines is 9. The third-order valence-electron chi connectivity index (χ3n) is 13.4.